The molecule has 1 unspecified atom stereocenters. The monoisotopic (exact) mass is 327 g/mol. The average Bonchev–Trinajstić information content (AvgIpc) is 2.47. The third-order valence-electron chi connectivity index (χ3n) is 4.13. The van der Waals surface area contributed by atoms with E-state index in [4.69, 9.17) is 5.73 Å². The second-order valence-electron chi connectivity index (χ2n) is 5.61. The van der Waals surface area contributed by atoms with E-state index in [0.717, 1.165) is 19.3 Å². The largest absolute Gasteiger partial charge is 0.330 e. The Bertz CT molecular complexity index is 658. The average molecular weight is 327 g/mol. The van der Waals surface area contributed by atoms with E-state index in [1.165, 1.54) is 29.4 Å². The quantitative estimate of drug-likeness (QED) is 0.653. The van der Waals surface area contributed by atoms with Crippen LogP contribution in [0.2, 0.25) is 0 Å². The van der Waals surface area contributed by atoms with E-state index < -0.39 is 14.9 Å². The summed E-state index contributed by atoms with van der Waals surface area (Å²) in [4.78, 5) is 10.5. The second-order valence-corrected chi connectivity index (χ2v) is 7.51. The van der Waals surface area contributed by atoms with Gasteiger partial charge in [0.25, 0.3) is 5.69 Å². The first-order valence-electron chi connectivity index (χ1n) is 7.32. The third kappa shape index (κ3) is 3.29. The number of nitrogens with two attached hydrogens (primary N) is 1. The number of benzene rings is 1. The highest BCUT2D eigenvalue weighted by Gasteiger charge is 2.32. The lowest BCUT2D eigenvalue weighted by Crippen LogP contribution is -2.40. The smallest absolute Gasteiger partial charge is 0.273 e. The second kappa shape index (κ2) is 6.72. The number of hydrogen-bond acceptors (Lipinski definition) is 5. The molecule has 1 atom stereocenters. The van der Waals surface area contributed by atoms with Crippen molar-refractivity contribution in [2.75, 3.05) is 19.6 Å². The summed E-state index contributed by atoms with van der Waals surface area (Å²) in [5.41, 5.74) is 5.58. The van der Waals surface area contributed by atoms with E-state index in [-0.39, 0.29) is 22.1 Å². The van der Waals surface area contributed by atoms with Crippen molar-refractivity contribution in [3.63, 3.8) is 0 Å². The van der Waals surface area contributed by atoms with Crippen molar-refractivity contribution in [2.24, 2.45) is 11.7 Å². The summed E-state index contributed by atoms with van der Waals surface area (Å²) in [6, 6.07) is 4.17. The highest BCUT2D eigenvalue weighted by molar-refractivity contribution is 7.89. The minimum absolute atomic E-state index is 0.0232. The van der Waals surface area contributed by atoms with Crippen LogP contribution in [0.3, 0.4) is 0 Å². The van der Waals surface area contributed by atoms with Crippen molar-refractivity contribution in [3.05, 3.63) is 33.9 Å². The van der Waals surface area contributed by atoms with Gasteiger partial charge in [-0.25, -0.2) is 8.42 Å². The molecule has 1 heterocycles. The topological polar surface area (TPSA) is 107 Å². The summed E-state index contributed by atoms with van der Waals surface area (Å²) in [5.74, 6) is 0.257. The van der Waals surface area contributed by atoms with Gasteiger partial charge >= 0.3 is 0 Å². The molecule has 2 rings (SSSR count). The van der Waals surface area contributed by atoms with Crippen LogP contribution in [0.25, 0.3) is 0 Å². The van der Waals surface area contributed by atoms with Crippen molar-refractivity contribution in [3.8, 4) is 0 Å². The molecule has 2 N–H and O–H groups in total. The van der Waals surface area contributed by atoms with E-state index in [9.17, 15) is 18.5 Å². The zero-order valence-electron chi connectivity index (χ0n) is 12.6. The van der Waals surface area contributed by atoms with Crippen LogP contribution in [0.5, 0.6) is 0 Å². The maximum Gasteiger partial charge on any atom is 0.273 e. The summed E-state index contributed by atoms with van der Waals surface area (Å²) in [6.45, 7) is 2.90. The van der Waals surface area contributed by atoms with Gasteiger partial charge in [-0.05, 0) is 44.7 Å². The van der Waals surface area contributed by atoms with Crippen molar-refractivity contribution < 1.29 is 13.3 Å². The van der Waals surface area contributed by atoms with Gasteiger partial charge in [-0.1, -0.05) is 6.07 Å². The van der Waals surface area contributed by atoms with E-state index in [0.29, 0.717) is 19.6 Å². The zero-order valence-corrected chi connectivity index (χ0v) is 13.4. The highest BCUT2D eigenvalue weighted by Crippen LogP contribution is 2.30. The van der Waals surface area contributed by atoms with Gasteiger partial charge in [-0.15, -0.1) is 0 Å². The van der Waals surface area contributed by atoms with Crippen molar-refractivity contribution >= 4 is 15.7 Å². The molecular formula is C14H21N3O4S. The molecule has 122 valence electrons. The molecule has 1 saturated heterocycles. The third-order valence-corrected chi connectivity index (χ3v) is 6.14. The van der Waals surface area contributed by atoms with Crippen LogP contribution in [-0.4, -0.2) is 37.3 Å². The molecule has 1 fully saturated rings. The van der Waals surface area contributed by atoms with Gasteiger partial charge in [-0.3, -0.25) is 10.1 Å². The fourth-order valence-corrected chi connectivity index (χ4v) is 4.73. The molecule has 0 radical (unpaired) electrons. The Morgan fingerprint density at radius 2 is 2.18 bits per heavy atom. The van der Waals surface area contributed by atoms with Crippen LogP contribution in [0.1, 0.15) is 24.8 Å². The minimum Gasteiger partial charge on any atom is -0.330 e. The molecule has 1 aliphatic heterocycles. The van der Waals surface area contributed by atoms with Crippen molar-refractivity contribution in [1.82, 2.24) is 4.31 Å². The van der Waals surface area contributed by atoms with E-state index >= 15 is 0 Å². The Morgan fingerprint density at radius 1 is 1.45 bits per heavy atom. The van der Waals surface area contributed by atoms with E-state index in [1.54, 1.807) is 0 Å². The SMILES string of the molecule is Cc1c([N+](=O)[O-])cccc1S(=O)(=O)N1CCCC(CCN)C1. The molecule has 0 bridgehead atoms. The number of sulfonamides is 1. The Hall–Kier alpha value is -1.51. The fourth-order valence-electron chi connectivity index (χ4n) is 2.94. The normalized spacial score (nSPS) is 20.0. The number of nitro groups is 1. The molecule has 7 nitrogen and oxygen atoms in total. The Balaban J connectivity index is 2.34. The van der Waals surface area contributed by atoms with Gasteiger partial charge in [0.1, 0.15) is 0 Å². The van der Waals surface area contributed by atoms with Gasteiger partial charge < -0.3 is 5.73 Å². The fraction of sp³-hybridized carbons (Fsp3) is 0.571. The van der Waals surface area contributed by atoms with Crippen molar-refractivity contribution in [1.29, 1.82) is 0 Å². The van der Waals surface area contributed by atoms with Gasteiger partial charge in [0, 0.05) is 24.7 Å². The first-order chi connectivity index (χ1) is 10.4. The summed E-state index contributed by atoms with van der Waals surface area (Å²) in [7, 11) is -3.71. The number of nitrogens with zero attached hydrogens (tertiary/aromatic N) is 2. The first kappa shape index (κ1) is 16.9. The van der Waals surface area contributed by atoms with Gasteiger partial charge in [0.15, 0.2) is 0 Å². The molecule has 0 spiro atoms. The zero-order chi connectivity index (χ0) is 16.3. The van der Waals surface area contributed by atoms with E-state index in [1.807, 2.05) is 0 Å². The molecule has 0 amide bonds. The van der Waals surface area contributed by atoms with Gasteiger partial charge in [0.05, 0.1) is 9.82 Å². The van der Waals surface area contributed by atoms with Gasteiger partial charge in [-0.2, -0.15) is 4.31 Å². The summed E-state index contributed by atoms with van der Waals surface area (Å²) >= 11 is 0. The Morgan fingerprint density at radius 3 is 2.82 bits per heavy atom. The van der Waals surface area contributed by atoms with Crippen LogP contribution in [0, 0.1) is 23.0 Å². The lowest BCUT2D eigenvalue weighted by Gasteiger charge is -2.32. The standard InChI is InChI=1S/C14H21N3O4S/c1-11-13(17(18)19)5-2-6-14(11)22(20,21)16-9-3-4-12(10-16)7-8-15/h2,5-6,12H,3-4,7-10,15H2,1H3. The molecule has 0 aromatic heterocycles. The Kier molecular flexibility index (Phi) is 5.15. The van der Waals surface area contributed by atoms with Gasteiger partial charge in [0.2, 0.25) is 10.0 Å². The van der Waals surface area contributed by atoms with Crippen LogP contribution in [-0.2, 0) is 10.0 Å². The highest BCUT2D eigenvalue weighted by atomic mass is 32.2. The van der Waals surface area contributed by atoms with Crippen LogP contribution in [0.4, 0.5) is 5.69 Å². The van der Waals surface area contributed by atoms with Crippen LogP contribution in [0.15, 0.2) is 23.1 Å². The lowest BCUT2D eigenvalue weighted by molar-refractivity contribution is -0.385. The maximum absolute atomic E-state index is 12.8. The molecule has 0 aliphatic carbocycles. The summed E-state index contributed by atoms with van der Waals surface area (Å²) < 4.78 is 27.0. The van der Waals surface area contributed by atoms with Crippen LogP contribution >= 0.6 is 0 Å². The first-order valence-corrected chi connectivity index (χ1v) is 8.76. The number of rotatable bonds is 5. The predicted octanol–water partition coefficient (Wildman–Crippen LogP) is 1.65. The number of nitro benzene ring substituents is 1. The molecule has 1 aromatic rings. The molecule has 1 aliphatic rings. The number of piperidine rings is 1. The van der Waals surface area contributed by atoms with Crippen molar-refractivity contribution in [2.45, 2.75) is 31.1 Å². The van der Waals surface area contributed by atoms with Crippen LogP contribution < -0.4 is 5.73 Å². The molecule has 8 heteroatoms. The van der Waals surface area contributed by atoms with E-state index in [2.05, 4.69) is 0 Å². The molecule has 1 aromatic carbocycles. The maximum atomic E-state index is 12.8. The molecule has 22 heavy (non-hydrogen) atoms. The molecule has 0 saturated carbocycles. The lowest BCUT2D eigenvalue weighted by atomic mass is 9.96. The number of hydrogen-bond donors (Lipinski definition) is 1. The summed E-state index contributed by atoms with van der Waals surface area (Å²) in [5, 5.41) is 11.0. The summed E-state index contributed by atoms with van der Waals surface area (Å²) in [6.07, 6.45) is 2.55. The Labute approximate surface area is 130 Å². The minimum atomic E-state index is -3.71. The molecular weight excluding hydrogens is 306 g/mol. The predicted molar refractivity (Wildman–Crippen MR) is 83.0 cm³/mol.